The molecule has 1 aliphatic heterocycles. The monoisotopic (exact) mass is 352 g/mol. The van der Waals surface area contributed by atoms with Gasteiger partial charge in [0, 0.05) is 19.8 Å². The van der Waals surface area contributed by atoms with Gasteiger partial charge in [0.25, 0.3) is 0 Å². The summed E-state index contributed by atoms with van der Waals surface area (Å²) in [4.78, 5) is 34.0. The molecule has 0 aromatic carbocycles. The average molecular weight is 353 g/mol. The number of alkyl halides is 1. The fourth-order valence-corrected chi connectivity index (χ4v) is 2.67. The maximum absolute atomic E-state index is 11.7. The molecule has 0 aliphatic carbocycles. The first kappa shape index (κ1) is 16.9. The average Bonchev–Trinajstić information content (AvgIpc) is 2.36. The Morgan fingerprint density at radius 3 is 2.00 bits per heavy atom. The third-order valence-corrected chi connectivity index (χ3v) is 3.63. The summed E-state index contributed by atoms with van der Waals surface area (Å²) in [5.41, 5.74) is 0. The summed E-state index contributed by atoms with van der Waals surface area (Å²) in [7, 11) is 1.24. The van der Waals surface area contributed by atoms with Crippen molar-refractivity contribution in [1.82, 2.24) is 0 Å². The predicted molar refractivity (Wildman–Crippen MR) is 69.9 cm³/mol. The van der Waals surface area contributed by atoms with Gasteiger partial charge in [0.15, 0.2) is 17.2 Å². The van der Waals surface area contributed by atoms with Gasteiger partial charge < -0.3 is 18.9 Å². The number of halogens is 1. The normalized spacial score (nSPS) is 33.1. The third-order valence-electron chi connectivity index (χ3n) is 2.89. The topological polar surface area (TPSA) is 88.1 Å². The molecular weight excluding hydrogens is 336 g/mol. The first-order chi connectivity index (χ1) is 9.27. The molecule has 1 fully saturated rings. The maximum Gasteiger partial charge on any atom is 0.335 e. The molecule has 0 radical (unpaired) electrons. The Labute approximate surface area is 125 Å². The molecule has 1 rings (SSSR count). The van der Waals surface area contributed by atoms with Gasteiger partial charge in [-0.2, -0.15) is 0 Å². The molecular formula is C12H17BrO7. The second kappa shape index (κ2) is 7.03. The van der Waals surface area contributed by atoms with Gasteiger partial charge in [-0.25, -0.2) is 4.79 Å². The lowest BCUT2D eigenvalue weighted by atomic mass is 9.91. The SMILES string of the molecule is COC(=O)[C@H]1OC(Br)[C@H](OC(C)=O)[C@@H](OC(C)=O)[C@@H]1C. The van der Waals surface area contributed by atoms with Crippen molar-refractivity contribution in [1.29, 1.82) is 0 Å². The first-order valence-electron chi connectivity index (χ1n) is 5.99. The Morgan fingerprint density at radius 2 is 1.55 bits per heavy atom. The summed E-state index contributed by atoms with van der Waals surface area (Å²) in [6.07, 6.45) is -2.56. The van der Waals surface area contributed by atoms with Crippen LogP contribution in [0.1, 0.15) is 20.8 Å². The Hall–Kier alpha value is -1.15. The number of carbonyl (C=O) groups excluding carboxylic acids is 3. The van der Waals surface area contributed by atoms with E-state index < -0.39 is 47.2 Å². The number of methoxy groups -OCH3 is 1. The lowest BCUT2D eigenvalue weighted by molar-refractivity contribution is -0.212. The molecule has 0 spiro atoms. The van der Waals surface area contributed by atoms with Crippen molar-refractivity contribution in [2.75, 3.05) is 7.11 Å². The van der Waals surface area contributed by atoms with E-state index in [0.29, 0.717) is 0 Å². The Bertz CT molecular complexity index is 397. The van der Waals surface area contributed by atoms with Crippen molar-refractivity contribution in [3.05, 3.63) is 0 Å². The van der Waals surface area contributed by atoms with E-state index in [1.807, 2.05) is 0 Å². The van der Waals surface area contributed by atoms with Crippen LogP contribution >= 0.6 is 15.9 Å². The van der Waals surface area contributed by atoms with Gasteiger partial charge in [-0.1, -0.05) is 22.9 Å². The van der Waals surface area contributed by atoms with Gasteiger partial charge in [-0.3, -0.25) is 9.59 Å². The first-order valence-corrected chi connectivity index (χ1v) is 6.91. The van der Waals surface area contributed by atoms with E-state index in [1.165, 1.54) is 21.0 Å². The Kier molecular flexibility index (Phi) is 5.94. The zero-order chi connectivity index (χ0) is 15.4. The van der Waals surface area contributed by atoms with Crippen molar-refractivity contribution < 1.29 is 33.3 Å². The molecule has 114 valence electrons. The van der Waals surface area contributed by atoms with Crippen LogP contribution in [0.5, 0.6) is 0 Å². The molecule has 1 unspecified atom stereocenters. The van der Waals surface area contributed by atoms with Crippen LogP contribution in [-0.2, 0) is 33.3 Å². The van der Waals surface area contributed by atoms with Crippen LogP contribution in [0.2, 0.25) is 0 Å². The van der Waals surface area contributed by atoms with Crippen LogP contribution in [0.4, 0.5) is 0 Å². The molecule has 0 bridgehead atoms. The van der Waals surface area contributed by atoms with Crippen LogP contribution in [0.25, 0.3) is 0 Å². The van der Waals surface area contributed by atoms with Crippen LogP contribution in [0, 0.1) is 5.92 Å². The summed E-state index contributed by atoms with van der Waals surface area (Å²) >= 11 is 3.18. The largest absolute Gasteiger partial charge is 0.467 e. The molecule has 8 heteroatoms. The summed E-state index contributed by atoms with van der Waals surface area (Å²) in [5, 5.41) is -0.781. The number of carbonyl (C=O) groups is 3. The quantitative estimate of drug-likeness (QED) is 0.421. The molecule has 0 amide bonds. The van der Waals surface area contributed by atoms with Crippen molar-refractivity contribution >= 4 is 33.8 Å². The molecule has 1 aliphatic rings. The molecule has 0 aromatic heterocycles. The van der Waals surface area contributed by atoms with Crippen LogP contribution in [-0.4, -0.2) is 48.3 Å². The molecule has 1 saturated heterocycles. The summed E-state index contributed by atoms with van der Waals surface area (Å²) in [6, 6.07) is 0. The van der Waals surface area contributed by atoms with Crippen LogP contribution in [0.15, 0.2) is 0 Å². The van der Waals surface area contributed by atoms with E-state index in [2.05, 4.69) is 20.7 Å². The number of hydrogen-bond donors (Lipinski definition) is 0. The minimum atomic E-state index is -0.916. The van der Waals surface area contributed by atoms with Gasteiger partial charge in [-0.05, 0) is 0 Å². The predicted octanol–water partition coefficient (Wildman–Crippen LogP) is 0.779. The Morgan fingerprint density at radius 1 is 1.05 bits per heavy atom. The smallest absolute Gasteiger partial charge is 0.335 e. The zero-order valence-corrected chi connectivity index (χ0v) is 13.2. The maximum atomic E-state index is 11.7. The molecule has 20 heavy (non-hydrogen) atoms. The minimum Gasteiger partial charge on any atom is -0.467 e. The van der Waals surface area contributed by atoms with Gasteiger partial charge in [0.1, 0.15) is 6.10 Å². The highest BCUT2D eigenvalue weighted by Crippen LogP contribution is 2.33. The van der Waals surface area contributed by atoms with E-state index in [1.54, 1.807) is 6.92 Å². The van der Waals surface area contributed by atoms with Crippen molar-refractivity contribution in [2.24, 2.45) is 5.92 Å². The van der Waals surface area contributed by atoms with E-state index in [4.69, 9.17) is 14.2 Å². The molecule has 7 nitrogen and oxygen atoms in total. The number of rotatable bonds is 3. The number of hydrogen-bond acceptors (Lipinski definition) is 7. The molecule has 1 heterocycles. The molecule has 5 atom stereocenters. The fraction of sp³-hybridized carbons (Fsp3) is 0.750. The van der Waals surface area contributed by atoms with E-state index >= 15 is 0 Å². The lowest BCUT2D eigenvalue weighted by Crippen LogP contribution is -2.56. The summed E-state index contributed by atoms with van der Waals surface area (Å²) in [6.45, 7) is 4.13. The molecule has 0 saturated carbocycles. The lowest BCUT2D eigenvalue weighted by Gasteiger charge is -2.41. The Balaban J connectivity index is 2.99. The van der Waals surface area contributed by atoms with Gasteiger partial charge in [-0.15, -0.1) is 0 Å². The van der Waals surface area contributed by atoms with Crippen molar-refractivity contribution in [2.45, 2.75) is 44.1 Å². The second-order valence-electron chi connectivity index (χ2n) is 4.44. The standard InChI is InChI=1S/C12H17BrO7/c1-5-8(18-6(2)14)10(19-7(3)15)11(13)20-9(5)12(16)17-4/h5,8-11H,1-4H3/t5-,8-,9-,10+,11?/m0/s1. The van der Waals surface area contributed by atoms with E-state index in [9.17, 15) is 14.4 Å². The van der Waals surface area contributed by atoms with E-state index in [-0.39, 0.29) is 0 Å². The minimum absolute atomic E-state index is 0.524. The molecule has 0 aromatic rings. The summed E-state index contributed by atoms with van der Waals surface area (Å²) < 4.78 is 20.4. The summed E-state index contributed by atoms with van der Waals surface area (Å²) in [5.74, 6) is -2.18. The molecule has 0 N–H and O–H groups in total. The van der Waals surface area contributed by atoms with Gasteiger partial charge in [0.2, 0.25) is 0 Å². The van der Waals surface area contributed by atoms with Crippen LogP contribution in [0.3, 0.4) is 0 Å². The highest BCUT2D eigenvalue weighted by atomic mass is 79.9. The van der Waals surface area contributed by atoms with Gasteiger partial charge in [0.05, 0.1) is 7.11 Å². The van der Waals surface area contributed by atoms with Crippen molar-refractivity contribution in [3.8, 4) is 0 Å². The van der Waals surface area contributed by atoms with Crippen molar-refractivity contribution in [3.63, 3.8) is 0 Å². The fourth-order valence-electron chi connectivity index (χ4n) is 2.03. The van der Waals surface area contributed by atoms with Gasteiger partial charge >= 0.3 is 17.9 Å². The zero-order valence-electron chi connectivity index (χ0n) is 11.6. The highest BCUT2D eigenvalue weighted by Gasteiger charge is 2.49. The third kappa shape index (κ3) is 3.92. The second-order valence-corrected chi connectivity index (χ2v) is 5.34. The highest BCUT2D eigenvalue weighted by molar-refractivity contribution is 9.09. The van der Waals surface area contributed by atoms with Crippen LogP contribution < -0.4 is 0 Å². The van der Waals surface area contributed by atoms with E-state index in [0.717, 1.165) is 0 Å². The number of esters is 3. The number of ether oxygens (including phenoxy) is 4.